The zero-order valence-corrected chi connectivity index (χ0v) is 15.9. The van der Waals surface area contributed by atoms with Crippen molar-refractivity contribution in [2.24, 2.45) is 11.8 Å². The van der Waals surface area contributed by atoms with Crippen molar-refractivity contribution >= 4 is 19.7 Å². The van der Waals surface area contributed by atoms with Gasteiger partial charge in [0, 0.05) is 11.8 Å². The molecule has 1 aliphatic heterocycles. The van der Waals surface area contributed by atoms with Gasteiger partial charge in [-0.25, -0.2) is 16.8 Å². The highest BCUT2D eigenvalue weighted by atomic mass is 32.2. The smallest absolute Gasteiger partial charge is 0.183 e. The third-order valence-corrected chi connectivity index (χ3v) is 10.5. The van der Waals surface area contributed by atoms with Crippen LogP contribution < -0.4 is 0 Å². The van der Waals surface area contributed by atoms with Crippen LogP contribution in [0, 0.1) is 11.8 Å². The van der Waals surface area contributed by atoms with Crippen LogP contribution in [-0.2, 0) is 24.4 Å². The zero-order chi connectivity index (χ0) is 18.8. The van der Waals surface area contributed by atoms with E-state index in [2.05, 4.69) is 0 Å². The van der Waals surface area contributed by atoms with Crippen molar-refractivity contribution in [1.29, 1.82) is 0 Å². The summed E-state index contributed by atoms with van der Waals surface area (Å²) in [5.74, 6) is -0.901. The number of epoxide rings is 1. The normalized spacial score (nSPS) is 34.2. The number of fused-ring (bicyclic) bond motifs is 1. The molecule has 2 bridgehead atoms. The Hall–Kier alpha value is -1.96. The molecule has 0 N–H and O–H groups in total. The maximum atomic E-state index is 13.5. The Bertz CT molecular complexity index is 1020. The number of ether oxygens (including phenoxy) is 1. The summed E-state index contributed by atoms with van der Waals surface area (Å²) in [6, 6.07) is 16.2. The van der Waals surface area contributed by atoms with Crippen LogP contribution in [0.3, 0.4) is 0 Å². The van der Waals surface area contributed by atoms with Gasteiger partial charge in [0.15, 0.2) is 19.7 Å². The van der Waals surface area contributed by atoms with Crippen LogP contribution in [0.5, 0.6) is 0 Å². The topological polar surface area (TPSA) is 80.8 Å². The van der Waals surface area contributed by atoms with E-state index >= 15 is 0 Å². The fraction of sp³-hybridized carbons (Fsp3) is 0.300. The lowest BCUT2D eigenvalue weighted by Crippen LogP contribution is -2.56. The maximum Gasteiger partial charge on any atom is 0.183 e. The predicted molar refractivity (Wildman–Crippen MR) is 99.6 cm³/mol. The van der Waals surface area contributed by atoms with Crippen molar-refractivity contribution in [1.82, 2.24) is 0 Å². The van der Waals surface area contributed by atoms with Gasteiger partial charge in [-0.15, -0.1) is 0 Å². The first kappa shape index (κ1) is 17.2. The molecule has 140 valence electrons. The molecule has 4 aliphatic rings. The molecule has 6 rings (SSSR count). The quantitative estimate of drug-likeness (QED) is 0.579. The Morgan fingerprint density at radius 3 is 1.33 bits per heavy atom. The average Bonchev–Trinajstić information content (AvgIpc) is 3.51. The first-order chi connectivity index (χ1) is 12.9. The van der Waals surface area contributed by atoms with Crippen LogP contribution in [0.25, 0.3) is 0 Å². The van der Waals surface area contributed by atoms with Gasteiger partial charge in [0.25, 0.3) is 0 Å². The van der Waals surface area contributed by atoms with Gasteiger partial charge >= 0.3 is 0 Å². The second kappa shape index (κ2) is 5.77. The fourth-order valence-corrected chi connectivity index (χ4v) is 9.53. The van der Waals surface area contributed by atoms with Crippen LogP contribution >= 0.6 is 0 Å². The van der Waals surface area contributed by atoms with E-state index in [9.17, 15) is 16.8 Å². The molecule has 3 aliphatic carbocycles. The van der Waals surface area contributed by atoms with E-state index in [1.54, 1.807) is 36.4 Å². The first-order valence-electron chi connectivity index (χ1n) is 8.84. The molecule has 0 spiro atoms. The van der Waals surface area contributed by atoms with Crippen LogP contribution in [-0.4, -0.2) is 39.5 Å². The Morgan fingerprint density at radius 2 is 0.963 bits per heavy atom. The Kier molecular flexibility index (Phi) is 3.67. The Morgan fingerprint density at radius 1 is 0.593 bits per heavy atom. The first-order valence-corrected chi connectivity index (χ1v) is 11.9. The molecule has 1 saturated carbocycles. The lowest BCUT2D eigenvalue weighted by molar-refractivity contribution is 0.350. The largest absolute Gasteiger partial charge is 0.368 e. The van der Waals surface area contributed by atoms with Gasteiger partial charge in [-0.2, -0.15) is 0 Å². The second-order valence-corrected chi connectivity index (χ2v) is 11.5. The standard InChI is InChI=1S/C20H18O5S2/c21-26(22,13-7-3-1-4-8-13)19-15-11-12-16(18-17(15)25-18)20(19)27(23,24)14-9-5-2-6-10-14/h1-12,15-20H/t15-,16+,17+,18-,19-,20+. The number of sulfone groups is 2. The van der Waals surface area contributed by atoms with Crippen molar-refractivity contribution in [2.75, 3.05) is 0 Å². The van der Waals surface area contributed by atoms with Gasteiger partial charge in [0.1, 0.15) is 0 Å². The van der Waals surface area contributed by atoms with Crippen molar-refractivity contribution < 1.29 is 21.6 Å². The van der Waals surface area contributed by atoms with E-state index in [-0.39, 0.29) is 22.0 Å². The summed E-state index contributed by atoms with van der Waals surface area (Å²) in [4.78, 5) is 0.308. The third-order valence-electron chi connectivity index (χ3n) is 5.82. The van der Waals surface area contributed by atoms with Gasteiger partial charge in [-0.1, -0.05) is 48.6 Å². The van der Waals surface area contributed by atoms with Gasteiger partial charge in [0.05, 0.1) is 32.5 Å². The van der Waals surface area contributed by atoms with E-state index in [4.69, 9.17) is 4.74 Å². The summed E-state index contributed by atoms with van der Waals surface area (Å²) in [5.41, 5.74) is 0. The molecule has 1 saturated heterocycles. The summed E-state index contributed by atoms with van der Waals surface area (Å²) in [6.07, 6.45) is 3.26. The summed E-state index contributed by atoms with van der Waals surface area (Å²) >= 11 is 0. The van der Waals surface area contributed by atoms with Crippen LogP contribution in [0.1, 0.15) is 0 Å². The highest BCUT2D eigenvalue weighted by Crippen LogP contribution is 2.54. The summed E-state index contributed by atoms with van der Waals surface area (Å²) in [7, 11) is -7.70. The molecule has 0 unspecified atom stereocenters. The minimum atomic E-state index is -3.85. The number of rotatable bonds is 4. The van der Waals surface area contributed by atoms with Crippen molar-refractivity contribution in [3.05, 3.63) is 72.8 Å². The number of hydrogen-bond acceptors (Lipinski definition) is 5. The molecular formula is C20H18O5S2. The van der Waals surface area contributed by atoms with E-state index in [1.165, 1.54) is 24.3 Å². The maximum absolute atomic E-state index is 13.5. The summed E-state index contributed by atoms with van der Waals surface area (Å²) < 4.78 is 59.6. The van der Waals surface area contributed by atoms with Gasteiger partial charge < -0.3 is 4.74 Å². The SMILES string of the molecule is O=S(=O)(c1ccccc1)[C@@H]1[C@@H]2C=C[C@@H]([C@H]3O[C@@H]23)[C@@H]1S(=O)(=O)c1ccccc1. The molecule has 6 atom stereocenters. The highest BCUT2D eigenvalue weighted by molar-refractivity contribution is 7.96. The number of benzene rings is 2. The lowest BCUT2D eigenvalue weighted by Gasteiger charge is -2.41. The lowest BCUT2D eigenvalue weighted by atomic mass is 9.75. The third kappa shape index (κ3) is 2.45. The van der Waals surface area contributed by atoms with Crippen LogP contribution in [0.15, 0.2) is 82.6 Å². The van der Waals surface area contributed by atoms with Gasteiger partial charge in [-0.3, -0.25) is 0 Å². The molecular weight excluding hydrogens is 384 g/mol. The Labute approximate surface area is 158 Å². The molecule has 7 heteroatoms. The van der Waals surface area contributed by atoms with E-state index in [0.717, 1.165) is 0 Å². The molecule has 5 nitrogen and oxygen atoms in total. The monoisotopic (exact) mass is 402 g/mol. The average molecular weight is 402 g/mol. The molecule has 2 fully saturated rings. The molecule has 0 radical (unpaired) electrons. The molecule has 2 aromatic carbocycles. The minimum absolute atomic E-state index is 0.154. The van der Waals surface area contributed by atoms with Crippen LogP contribution in [0.4, 0.5) is 0 Å². The minimum Gasteiger partial charge on any atom is -0.368 e. The summed E-state index contributed by atoms with van der Waals surface area (Å²) in [5, 5.41) is -2.10. The van der Waals surface area contributed by atoms with Crippen molar-refractivity contribution in [2.45, 2.75) is 32.5 Å². The molecule has 0 amide bonds. The van der Waals surface area contributed by atoms with Gasteiger partial charge in [0.2, 0.25) is 0 Å². The molecule has 2 aromatic rings. The van der Waals surface area contributed by atoms with Gasteiger partial charge in [-0.05, 0) is 24.3 Å². The van der Waals surface area contributed by atoms with E-state index in [1.807, 2.05) is 12.2 Å². The zero-order valence-electron chi connectivity index (χ0n) is 14.3. The Balaban J connectivity index is 1.68. The predicted octanol–water partition coefficient (Wildman–Crippen LogP) is 2.25. The highest BCUT2D eigenvalue weighted by Gasteiger charge is 2.67. The summed E-state index contributed by atoms with van der Waals surface area (Å²) in [6.45, 7) is 0. The number of hydrogen-bond donors (Lipinski definition) is 0. The van der Waals surface area contributed by atoms with Crippen LogP contribution in [0.2, 0.25) is 0 Å². The van der Waals surface area contributed by atoms with E-state index in [0.29, 0.717) is 0 Å². The van der Waals surface area contributed by atoms with E-state index < -0.39 is 42.0 Å². The van der Waals surface area contributed by atoms with Crippen molar-refractivity contribution in [3.63, 3.8) is 0 Å². The molecule has 1 heterocycles. The molecule has 27 heavy (non-hydrogen) atoms. The fourth-order valence-electron chi connectivity index (χ4n) is 4.56. The second-order valence-electron chi connectivity index (χ2n) is 7.25. The van der Waals surface area contributed by atoms with Crippen molar-refractivity contribution in [3.8, 4) is 0 Å². The molecule has 0 aromatic heterocycles.